The molecule has 0 spiro atoms. The maximum absolute atomic E-state index is 12.2. The van der Waals surface area contributed by atoms with E-state index in [-0.39, 0.29) is 11.7 Å². The van der Waals surface area contributed by atoms with E-state index in [0.29, 0.717) is 17.7 Å². The summed E-state index contributed by atoms with van der Waals surface area (Å²) in [6.45, 7) is 1.79. The molecule has 4 nitrogen and oxygen atoms in total. The number of ether oxygens (including phenoxy) is 1. The number of nitrogens with one attached hydrogen (secondary N) is 1. The zero-order valence-electron chi connectivity index (χ0n) is 13.2. The van der Waals surface area contributed by atoms with Gasteiger partial charge in [0.15, 0.2) is 5.78 Å². The normalized spacial score (nSPS) is 10.5. The van der Waals surface area contributed by atoms with Crippen LogP contribution in [0.25, 0.3) is 6.08 Å². The fourth-order valence-electron chi connectivity index (χ4n) is 1.98. The lowest BCUT2D eigenvalue weighted by molar-refractivity contribution is -0.115. The Balaban J connectivity index is 2.05. The highest BCUT2D eigenvalue weighted by molar-refractivity contribution is 6.07. The molecule has 2 aromatic carbocycles. The van der Waals surface area contributed by atoms with Crippen LogP contribution >= 0.6 is 0 Å². The molecule has 0 bridgehead atoms. The Morgan fingerprint density at radius 3 is 2.52 bits per heavy atom. The first-order valence-corrected chi connectivity index (χ1v) is 7.38. The molecule has 0 saturated carbocycles. The molecule has 0 heterocycles. The summed E-state index contributed by atoms with van der Waals surface area (Å²) >= 11 is 0. The van der Waals surface area contributed by atoms with E-state index < -0.39 is 0 Å². The van der Waals surface area contributed by atoms with Crippen molar-refractivity contribution in [2.75, 3.05) is 12.4 Å². The van der Waals surface area contributed by atoms with Gasteiger partial charge in [0, 0.05) is 17.7 Å². The smallest absolute Gasteiger partial charge is 0.224 e. The Kier molecular flexibility index (Phi) is 5.69. The monoisotopic (exact) mass is 309 g/mol. The van der Waals surface area contributed by atoms with E-state index in [9.17, 15) is 9.59 Å². The third kappa shape index (κ3) is 4.81. The summed E-state index contributed by atoms with van der Waals surface area (Å²) < 4.78 is 5.15. The van der Waals surface area contributed by atoms with Crippen LogP contribution in [0.1, 0.15) is 29.3 Å². The van der Waals surface area contributed by atoms with Crippen LogP contribution in [0.5, 0.6) is 5.75 Å². The third-order valence-corrected chi connectivity index (χ3v) is 3.30. The van der Waals surface area contributed by atoms with Gasteiger partial charge in [-0.2, -0.15) is 0 Å². The van der Waals surface area contributed by atoms with Crippen LogP contribution in [0.4, 0.5) is 5.69 Å². The Labute approximate surface area is 135 Å². The van der Waals surface area contributed by atoms with Gasteiger partial charge in [-0.15, -0.1) is 0 Å². The van der Waals surface area contributed by atoms with Gasteiger partial charge >= 0.3 is 0 Å². The minimum atomic E-state index is -0.0961. The van der Waals surface area contributed by atoms with Crippen molar-refractivity contribution < 1.29 is 14.3 Å². The lowest BCUT2D eigenvalue weighted by atomic mass is 10.1. The number of carbonyl (C=O) groups is 2. The first kappa shape index (κ1) is 16.5. The predicted octanol–water partition coefficient (Wildman–Crippen LogP) is 3.94. The maximum atomic E-state index is 12.2. The highest BCUT2D eigenvalue weighted by Crippen LogP contribution is 2.15. The molecule has 1 N–H and O–H groups in total. The van der Waals surface area contributed by atoms with Crippen LogP contribution in [0.3, 0.4) is 0 Å². The molecule has 0 aliphatic heterocycles. The quantitative estimate of drug-likeness (QED) is 0.649. The van der Waals surface area contributed by atoms with Crippen molar-refractivity contribution in [2.24, 2.45) is 0 Å². The fourth-order valence-corrected chi connectivity index (χ4v) is 1.98. The molecule has 0 atom stereocenters. The molecule has 0 fully saturated rings. The van der Waals surface area contributed by atoms with Gasteiger partial charge in [0.1, 0.15) is 5.75 Å². The highest BCUT2D eigenvalue weighted by atomic mass is 16.5. The largest absolute Gasteiger partial charge is 0.497 e. The van der Waals surface area contributed by atoms with Gasteiger partial charge in [-0.3, -0.25) is 9.59 Å². The van der Waals surface area contributed by atoms with E-state index in [0.717, 1.165) is 11.3 Å². The van der Waals surface area contributed by atoms with Crippen LogP contribution in [0.2, 0.25) is 0 Å². The topological polar surface area (TPSA) is 55.4 Å². The Morgan fingerprint density at radius 1 is 1.13 bits per heavy atom. The lowest BCUT2D eigenvalue weighted by Crippen LogP contribution is -2.09. The molecule has 1 amide bonds. The number of hydrogen-bond acceptors (Lipinski definition) is 3. The van der Waals surface area contributed by atoms with Gasteiger partial charge < -0.3 is 10.1 Å². The summed E-state index contributed by atoms with van der Waals surface area (Å²) in [4.78, 5) is 23.5. The molecule has 0 radical (unpaired) electrons. The second-order valence-corrected chi connectivity index (χ2v) is 4.95. The molecule has 23 heavy (non-hydrogen) atoms. The first-order chi connectivity index (χ1) is 11.1. The molecule has 0 aromatic heterocycles. The fraction of sp³-hybridized carbons (Fsp3) is 0.158. The molecule has 0 aliphatic carbocycles. The molecular weight excluding hydrogens is 290 g/mol. The Bertz CT molecular complexity index is 718. The average molecular weight is 309 g/mol. The Hall–Kier alpha value is -2.88. The number of benzene rings is 2. The highest BCUT2D eigenvalue weighted by Gasteiger charge is 2.03. The van der Waals surface area contributed by atoms with Crippen molar-refractivity contribution in [2.45, 2.75) is 13.3 Å². The van der Waals surface area contributed by atoms with Crippen LogP contribution in [-0.2, 0) is 4.79 Å². The second kappa shape index (κ2) is 7.94. The van der Waals surface area contributed by atoms with Crippen LogP contribution in [-0.4, -0.2) is 18.8 Å². The number of allylic oxidation sites excluding steroid dienone is 1. The molecule has 0 unspecified atom stereocenters. The number of methoxy groups -OCH3 is 1. The average Bonchev–Trinajstić information content (AvgIpc) is 2.60. The van der Waals surface area contributed by atoms with Gasteiger partial charge in [0.05, 0.1) is 7.11 Å². The molecule has 2 aromatic rings. The summed E-state index contributed by atoms with van der Waals surface area (Å²) in [5.41, 5.74) is 2.15. The number of ketones is 1. The molecule has 4 heteroatoms. The standard InChI is InChI=1S/C19H19NO3/c1-3-19(22)20-16-10-8-15(9-11-16)18(21)12-7-14-5-4-6-17(13-14)23-2/h4-13H,3H2,1-2H3,(H,20,22)/b12-7+. The number of carbonyl (C=O) groups excluding carboxylic acids is 2. The third-order valence-electron chi connectivity index (χ3n) is 3.30. The minimum absolute atomic E-state index is 0.0537. The van der Waals surface area contributed by atoms with Crippen molar-refractivity contribution in [1.29, 1.82) is 0 Å². The minimum Gasteiger partial charge on any atom is -0.497 e. The molecule has 118 valence electrons. The van der Waals surface area contributed by atoms with Crippen molar-refractivity contribution >= 4 is 23.5 Å². The summed E-state index contributed by atoms with van der Waals surface area (Å²) in [6, 6.07) is 14.3. The predicted molar refractivity (Wildman–Crippen MR) is 91.7 cm³/mol. The van der Waals surface area contributed by atoms with Crippen molar-refractivity contribution in [3.05, 3.63) is 65.7 Å². The van der Waals surface area contributed by atoms with E-state index in [1.165, 1.54) is 6.08 Å². The van der Waals surface area contributed by atoms with Gasteiger partial charge in [-0.25, -0.2) is 0 Å². The van der Waals surface area contributed by atoms with Crippen LogP contribution < -0.4 is 10.1 Å². The number of anilines is 1. The SMILES string of the molecule is CCC(=O)Nc1ccc(C(=O)/C=C/c2cccc(OC)c2)cc1. The van der Waals surface area contributed by atoms with Crippen LogP contribution in [0, 0.1) is 0 Å². The van der Waals surface area contributed by atoms with Gasteiger partial charge in [-0.1, -0.05) is 25.1 Å². The number of hydrogen-bond donors (Lipinski definition) is 1. The zero-order valence-corrected chi connectivity index (χ0v) is 13.2. The summed E-state index contributed by atoms with van der Waals surface area (Å²) in [5, 5.41) is 2.75. The summed E-state index contributed by atoms with van der Waals surface area (Å²) in [6.07, 6.45) is 3.69. The van der Waals surface area contributed by atoms with Crippen molar-refractivity contribution in [1.82, 2.24) is 0 Å². The van der Waals surface area contributed by atoms with Crippen molar-refractivity contribution in [3.8, 4) is 5.75 Å². The molecule has 2 rings (SSSR count). The molecule has 0 saturated heterocycles. The maximum Gasteiger partial charge on any atom is 0.224 e. The second-order valence-electron chi connectivity index (χ2n) is 4.95. The summed E-state index contributed by atoms with van der Waals surface area (Å²) in [7, 11) is 1.60. The lowest BCUT2D eigenvalue weighted by Gasteiger charge is -2.04. The van der Waals surface area contributed by atoms with E-state index in [4.69, 9.17) is 4.74 Å². The molecule has 0 aliphatic rings. The van der Waals surface area contributed by atoms with E-state index in [2.05, 4.69) is 5.32 Å². The first-order valence-electron chi connectivity index (χ1n) is 7.38. The van der Waals surface area contributed by atoms with Gasteiger partial charge in [0.25, 0.3) is 0 Å². The van der Waals surface area contributed by atoms with E-state index in [1.54, 1.807) is 44.4 Å². The molecular formula is C19H19NO3. The zero-order chi connectivity index (χ0) is 16.7. The van der Waals surface area contributed by atoms with Gasteiger partial charge in [-0.05, 0) is 48.0 Å². The summed E-state index contributed by atoms with van der Waals surface area (Å²) in [5.74, 6) is 0.596. The number of rotatable bonds is 6. The van der Waals surface area contributed by atoms with Gasteiger partial charge in [0.2, 0.25) is 5.91 Å². The number of amides is 1. The van der Waals surface area contributed by atoms with Crippen molar-refractivity contribution in [3.63, 3.8) is 0 Å². The van der Waals surface area contributed by atoms with E-state index in [1.807, 2.05) is 24.3 Å². The Morgan fingerprint density at radius 2 is 1.87 bits per heavy atom. The van der Waals surface area contributed by atoms with E-state index >= 15 is 0 Å². The van der Waals surface area contributed by atoms with Crippen LogP contribution in [0.15, 0.2) is 54.6 Å².